The summed E-state index contributed by atoms with van der Waals surface area (Å²) in [5, 5.41) is 48.6. The summed E-state index contributed by atoms with van der Waals surface area (Å²) in [6, 6.07) is 29.6. The van der Waals surface area contributed by atoms with Crippen LogP contribution >= 0.6 is 0 Å². The third-order valence-electron chi connectivity index (χ3n) is 15.4. The molecule has 6 rings (SSSR count). The van der Waals surface area contributed by atoms with E-state index in [1.807, 2.05) is 27.7 Å². The predicted molar refractivity (Wildman–Crippen MR) is 293 cm³/mol. The van der Waals surface area contributed by atoms with Crippen molar-refractivity contribution in [1.29, 1.82) is 0 Å². The first-order valence-electron chi connectivity index (χ1n) is 24.3. The molecule has 0 heterocycles. The fraction of sp³-hybridized carbons (Fsp3) is 0.567. The van der Waals surface area contributed by atoms with Crippen molar-refractivity contribution < 1.29 is 74.1 Å². The van der Waals surface area contributed by atoms with Gasteiger partial charge in [0.15, 0.2) is 0 Å². The van der Waals surface area contributed by atoms with E-state index in [4.69, 9.17) is 20.4 Å². The van der Waals surface area contributed by atoms with E-state index < -0.39 is 0 Å². The van der Waals surface area contributed by atoms with Crippen molar-refractivity contribution in [3.05, 3.63) is 144 Å². The molecule has 8 nitrogen and oxygen atoms in total. The van der Waals surface area contributed by atoms with Gasteiger partial charge in [-0.1, -0.05) is 154 Å². The normalized spacial score (nSPS) is 22.4. The first-order chi connectivity index (χ1) is 31.4. The first kappa shape index (κ1) is 76.6. The van der Waals surface area contributed by atoms with E-state index >= 15 is 0 Å². The number of rotatable bonds is 11. The van der Waals surface area contributed by atoms with Crippen LogP contribution < -0.4 is 0 Å². The Balaban J connectivity index is -0.000000363. The van der Waals surface area contributed by atoms with Gasteiger partial charge in [0.25, 0.3) is 0 Å². The minimum atomic E-state index is 0. The van der Waals surface area contributed by atoms with Crippen LogP contribution in [-0.4, -0.2) is 82.0 Å². The van der Waals surface area contributed by atoms with E-state index in [0.717, 1.165) is 149 Å². The van der Waals surface area contributed by atoms with Crippen LogP contribution in [0.5, 0.6) is 11.5 Å². The molecule has 0 atom stereocenters. The van der Waals surface area contributed by atoms with Gasteiger partial charge in [-0.3, -0.25) is 9.80 Å². The van der Waals surface area contributed by atoms with Gasteiger partial charge in [0.05, 0.1) is 0 Å². The molecule has 0 amide bonds. The summed E-state index contributed by atoms with van der Waals surface area (Å²) in [6.07, 6.45) is 0. The van der Waals surface area contributed by atoms with Crippen molar-refractivity contribution in [2.24, 2.45) is 59.2 Å². The molecule has 0 radical (unpaired) electrons. The van der Waals surface area contributed by atoms with E-state index in [1.165, 1.54) is 22.3 Å². The van der Waals surface area contributed by atoms with Crippen LogP contribution in [0, 0.1) is 102 Å². The maximum absolute atomic E-state index is 10.3. The van der Waals surface area contributed by atoms with Gasteiger partial charge in [0.1, 0.15) is 11.5 Å². The van der Waals surface area contributed by atoms with E-state index in [1.54, 1.807) is 0 Å². The van der Waals surface area contributed by atoms with Crippen LogP contribution in [0.4, 0.5) is 0 Å². The Kier molecular flexibility index (Phi) is 44.9. The number of hydrogen-bond donors (Lipinski definition) is 6. The topological polar surface area (TPSA) is 128 Å². The second kappa shape index (κ2) is 41.1. The third-order valence-corrected chi connectivity index (χ3v) is 15.4. The van der Waals surface area contributed by atoms with Crippen LogP contribution in [0.15, 0.2) is 84.9 Å². The molecular formula is C60H102N2O6Ti2-2. The van der Waals surface area contributed by atoms with Crippen LogP contribution in [-0.2, 0) is 69.6 Å². The smallest absolute Gasteiger partial charge is 0.121 e. The fourth-order valence-corrected chi connectivity index (χ4v) is 9.97. The maximum atomic E-state index is 10.3. The molecule has 0 saturated heterocycles. The minimum absolute atomic E-state index is 0. The van der Waals surface area contributed by atoms with Gasteiger partial charge in [-0.25, -0.2) is 0 Å². The molecule has 0 aliphatic heterocycles. The number of benzene rings is 4. The van der Waals surface area contributed by atoms with Gasteiger partial charge in [0, 0.05) is 111 Å². The molecular weight excluding hydrogens is 940 g/mol. The Morgan fingerprint density at radius 3 is 0.686 bits per heavy atom. The average molecular weight is 1040 g/mol. The van der Waals surface area contributed by atoms with Crippen LogP contribution in [0.25, 0.3) is 0 Å². The summed E-state index contributed by atoms with van der Waals surface area (Å²) in [5.41, 5.74) is 8.69. The van der Waals surface area contributed by atoms with Crippen molar-refractivity contribution >= 4 is 0 Å². The zero-order valence-corrected chi connectivity index (χ0v) is 50.8. The molecule has 0 aromatic heterocycles. The number of hydrogen-bond acceptors (Lipinski definition) is 8. The average Bonchev–Trinajstić information content (AvgIpc) is 3.61. The summed E-state index contributed by atoms with van der Waals surface area (Å²) in [5.74, 6) is 10.1. The van der Waals surface area contributed by atoms with Gasteiger partial charge < -0.3 is 45.5 Å². The number of nitrogens with zero attached hydrogens (tertiary/aromatic N) is 2. The summed E-state index contributed by atoms with van der Waals surface area (Å²) in [4.78, 5) is 4.98. The summed E-state index contributed by atoms with van der Waals surface area (Å²) in [7, 11) is 4.00. The second-order valence-corrected chi connectivity index (χ2v) is 19.1. The Morgan fingerprint density at radius 2 is 0.500 bits per heavy atom. The van der Waals surface area contributed by atoms with Crippen molar-refractivity contribution in [3.8, 4) is 11.5 Å². The summed E-state index contributed by atoms with van der Waals surface area (Å²) < 4.78 is 0. The van der Waals surface area contributed by atoms with Crippen LogP contribution in [0.2, 0.25) is 0 Å². The first-order valence-corrected chi connectivity index (χ1v) is 24.3. The third kappa shape index (κ3) is 24.1. The largest absolute Gasteiger partial charge is 0.507 e. The minimum Gasteiger partial charge on any atom is -0.507 e. The van der Waals surface area contributed by atoms with E-state index in [2.05, 4.69) is 164 Å². The molecule has 0 unspecified atom stereocenters. The predicted octanol–water partition coefficient (Wildman–Crippen LogP) is 12.7. The van der Waals surface area contributed by atoms with Crippen molar-refractivity contribution in [2.45, 2.75) is 123 Å². The van der Waals surface area contributed by atoms with Gasteiger partial charge in [-0.05, 0) is 131 Å². The summed E-state index contributed by atoms with van der Waals surface area (Å²) >= 11 is 0. The molecule has 398 valence electrons. The second-order valence-electron chi connectivity index (χ2n) is 19.1. The number of aryl methyl sites for hydroxylation is 4. The zero-order chi connectivity index (χ0) is 50.8. The zero-order valence-electron chi connectivity index (χ0n) is 47.7. The van der Waals surface area contributed by atoms with Crippen LogP contribution in [0.1, 0.15) is 114 Å². The van der Waals surface area contributed by atoms with Gasteiger partial charge in [0.2, 0.25) is 0 Å². The van der Waals surface area contributed by atoms with E-state index in [9.17, 15) is 10.2 Å². The molecule has 4 aromatic rings. The van der Waals surface area contributed by atoms with E-state index in [0.29, 0.717) is 11.5 Å². The van der Waals surface area contributed by atoms with Crippen molar-refractivity contribution in [3.63, 3.8) is 0 Å². The fourth-order valence-electron chi connectivity index (χ4n) is 9.97. The van der Waals surface area contributed by atoms with E-state index in [-0.39, 0.29) is 58.3 Å². The quantitative estimate of drug-likeness (QED) is 0.0648. The van der Waals surface area contributed by atoms with Crippen molar-refractivity contribution in [2.75, 3.05) is 41.5 Å². The number of aliphatic hydroxyl groups is 4. The molecule has 0 bridgehead atoms. The maximum Gasteiger partial charge on any atom is 0.121 e. The molecule has 2 aliphatic rings. The molecule has 70 heavy (non-hydrogen) atoms. The molecule has 2 aliphatic carbocycles. The Morgan fingerprint density at radius 1 is 0.329 bits per heavy atom. The van der Waals surface area contributed by atoms with Crippen molar-refractivity contribution in [1.82, 2.24) is 9.80 Å². The molecule has 2 saturated carbocycles. The molecule has 0 spiro atoms. The number of aliphatic hydroxyl groups excluding tert-OH is 4. The number of aromatic hydroxyl groups is 2. The van der Waals surface area contributed by atoms with Gasteiger partial charge in [-0.2, -0.15) is 0 Å². The molecule has 10 heteroatoms. The Hall–Kier alpha value is -2.33. The van der Waals surface area contributed by atoms with Gasteiger partial charge in [-0.15, -0.1) is 0 Å². The summed E-state index contributed by atoms with van der Waals surface area (Å²) in [6.45, 7) is 37.0. The number of phenols is 2. The Labute approximate surface area is 460 Å². The SMILES string of the molecule is CC1C(C)C(C)C(C)C1C.CC1C(C)C(C)C(C)C1C.CO.CO.CO.CO.Cc1cc(CN(CCN(Cc2ccccc2)Cc2cc(C)c(O)c(C)c2)Cc2ccccc2)cc(C)c1O.[CH3-].[CH3-].[Ti].[Ti]. The Bertz CT molecular complexity index is 1600. The van der Waals surface area contributed by atoms with Crippen LogP contribution in [0.3, 0.4) is 0 Å². The molecule has 4 aromatic carbocycles. The molecule has 6 N–H and O–H groups in total. The molecule has 2 fully saturated rings. The monoisotopic (exact) mass is 1040 g/mol. The standard InChI is InChI=1S/C34H40N2O2.2C10H20.4CH4O.2CH3.2Ti/c1-25-17-31(18-26(2)33(25)37)23-35(21-29-11-7-5-8-12-29)15-16-36(22-30-13-9-6-10-14-30)24-32-19-27(3)34(38)28(4)20-32;2*1-6-7(2)9(4)10(5)8(6)3;4*1-2;;;;/h5-14,17-20,37-38H,15-16,21-24H2,1-4H3;2*6-10H,1-5H3;4*2H,1H3;2*1H3;;/q;;;;;;;2*-1;;. The number of phenolic OH excluding ortho intramolecular Hbond substituents is 2. The van der Waals surface area contributed by atoms with Gasteiger partial charge >= 0.3 is 0 Å².